The van der Waals surface area contributed by atoms with Crippen molar-refractivity contribution in [1.82, 2.24) is 0 Å². The van der Waals surface area contributed by atoms with Gasteiger partial charge in [0.05, 0.1) is 0 Å². The minimum Gasteiger partial charge on any atom is -0.390 e. The van der Waals surface area contributed by atoms with E-state index in [1.807, 2.05) is 12.2 Å². The summed E-state index contributed by atoms with van der Waals surface area (Å²) >= 11 is 12.3. The maximum absolute atomic E-state index is 11.5. The highest BCUT2D eigenvalue weighted by atomic mass is 35.5. The molecule has 0 amide bonds. The summed E-state index contributed by atoms with van der Waals surface area (Å²) in [5.74, 6) is -1.75. The fourth-order valence-electron chi connectivity index (χ4n) is 2.66. The molecular weight excluding hydrogens is 227 g/mol. The summed E-state index contributed by atoms with van der Waals surface area (Å²) in [6.45, 7) is 0. The van der Waals surface area contributed by atoms with Crippen molar-refractivity contribution in [2.75, 3.05) is 0 Å². The van der Waals surface area contributed by atoms with E-state index >= 15 is 0 Å². The molecular formula is C9H6Cl2O3. The monoisotopic (exact) mass is 232 g/mol. The van der Waals surface area contributed by atoms with E-state index in [1.54, 1.807) is 0 Å². The van der Waals surface area contributed by atoms with Gasteiger partial charge in [0.25, 0.3) is 0 Å². The van der Waals surface area contributed by atoms with E-state index in [0.717, 1.165) is 0 Å². The standard InChI is InChI=1S/C9H6Cl2O3/c10-8-4-1-2-5(3-4)9(8,11)7(13)14-6(8)12/h1-2,4-5H,3H2. The van der Waals surface area contributed by atoms with Crippen LogP contribution >= 0.6 is 23.2 Å². The molecule has 4 unspecified atom stereocenters. The average molecular weight is 233 g/mol. The summed E-state index contributed by atoms with van der Waals surface area (Å²) in [5.41, 5.74) is 0. The Kier molecular flexibility index (Phi) is 1.36. The van der Waals surface area contributed by atoms with Gasteiger partial charge in [0, 0.05) is 11.8 Å². The molecule has 3 rings (SSSR count). The van der Waals surface area contributed by atoms with Crippen molar-refractivity contribution in [3.63, 3.8) is 0 Å². The Bertz CT molecular complexity index is 358. The van der Waals surface area contributed by atoms with Gasteiger partial charge in [-0.2, -0.15) is 0 Å². The van der Waals surface area contributed by atoms with E-state index in [9.17, 15) is 9.59 Å². The minimum absolute atomic E-state index is 0.175. The van der Waals surface area contributed by atoms with Crippen molar-refractivity contribution < 1.29 is 14.3 Å². The molecule has 3 nitrogen and oxygen atoms in total. The van der Waals surface area contributed by atoms with Crippen molar-refractivity contribution in [1.29, 1.82) is 0 Å². The van der Waals surface area contributed by atoms with Gasteiger partial charge in [0.1, 0.15) is 0 Å². The van der Waals surface area contributed by atoms with E-state index in [-0.39, 0.29) is 11.8 Å². The molecule has 1 saturated heterocycles. The minimum atomic E-state index is -1.37. The summed E-state index contributed by atoms with van der Waals surface area (Å²) in [7, 11) is 0. The third-order valence-corrected chi connectivity index (χ3v) is 4.98. The number of carbonyl (C=O) groups is 2. The lowest BCUT2D eigenvalue weighted by atomic mass is 9.83. The number of esters is 2. The number of carbonyl (C=O) groups excluding carboxylic acids is 2. The molecule has 2 bridgehead atoms. The molecule has 3 aliphatic rings. The lowest BCUT2D eigenvalue weighted by molar-refractivity contribution is -0.154. The van der Waals surface area contributed by atoms with Gasteiger partial charge in [-0.1, -0.05) is 12.2 Å². The van der Waals surface area contributed by atoms with Crippen LogP contribution in [0.25, 0.3) is 0 Å². The van der Waals surface area contributed by atoms with Gasteiger partial charge in [-0.3, -0.25) is 0 Å². The molecule has 2 aliphatic carbocycles. The van der Waals surface area contributed by atoms with Crippen molar-refractivity contribution >= 4 is 35.1 Å². The van der Waals surface area contributed by atoms with Gasteiger partial charge in [-0.25, -0.2) is 9.59 Å². The predicted octanol–water partition coefficient (Wildman–Crippen LogP) is 1.23. The van der Waals surface area contributed by atoms with E-state index in [4.69, 9.17) is 23.2 Å². The Balaban J connectivity index is 2.26. The number of ether oxygens (including phenoxy) is 1. The highest BCUT2D eigenvalue weighted by Crippen LogP contribution is 2.63. The highest BCUT2D eigenvalue weighted by molar-refractivity contribution is 6.52. The molecule has 1 aliphatic heterocycles. The molecule has 0 aromatic rings. The zero-order chi connectivity index (χ0) is 10.1. The summed E-state index contributed by atoms with van der Waals surface area (Å²) < 4.78 is 4.53. The number of allylic oxidation sites excluding steroid dienone is 2. The maximum atomic E-state index is 11.5. The number of hydrogen-bond acceptors (Lipinski definition) is 3. The molecule has 5 heteroatoms. The summed E-state index contributed by atoms with van der Waals surface area (Å²) in [6, 6.07) is 0. The maximum Gasteiger partial charge on any atom is 0.338 e. The molecule has 0 aromatic heterocycles. The van der Waals surface area contributed by atoms with Crippen molar-refractivity contribution in [2.45, 2.75) is 16.2 Å². The Morgan fingerprint density at radius 1 is 1.14 bits per heavy atom. The first-order valence-electron chi connectivity index (χ1n) is 4.34. The van der Waals surface area contributed by atoms with Gasteiger partial charge in [-0.15, -0.1) is 23.2 Å². The summed E-state index contributed by atoms with van der Waals surface area (Å²) in [4.78, 5) is 20.2. The number of hydrogen-bond donors (Lipinski definition) is 0. The van der Waals surface area contributed by atoms with Crippen molar-refractivity contribution in [3.8, 4) is 0 Å². The first-order valence-corrected chi connectivity index (χ1v) is 5.09. The van der Waals surface area contributed by atoms with Crippen LogP contribution < -0.4 is 0 Å². The fourth-order valence-corrected chi connectivity index (χ4v) is 3.50. The van der Waals surface area contributed by atoms with Crippen LogP contribution in [0.4, 0.5) is 0 Å². The van der Waals surface area contributed by atoms with Crippen LogP contribution in [-0.4, -0.2) is 21.7 Å². The normalized spacial score (nSPS) is 53.9. The number of alkyl halides is 2. The van der Waals surface area contributed by atoms with Crippen molar-refractivity contribution in [2.24, 2.45) is 11.8 Å². The molecule has 0 spiro atoms. The van der Waals surface area contributed by atoms with E-state index in [2.05, 4.69) is 4.74 Å². The third kappa shape index (κ3) is 0.607. The molecule has 4 atom stereocenters. The lowest BCUT2D eigenvalue weighted by Crippen LogP contribution is -2.51. The number of rotatable bonds is 0. The molecule has 0 N–H and O–H groups in total. The summed E-state index contributed by atoms with van der Waals surface area (Å²) in [5, 5.41) is 0. The van der Waals surface area contributed by atoms with Gasteiger partial charge >= 0.3 is 11.9 Å². The molecule has 74 valence electrons. The van der Waals surface area contributed by atoms with Crippen molar-refractivity contribution in [3.05, 3.63) is 12.2 Å². The molecule has 1 saturated carbocycles. The van der Waals surface area contributed by atoms with Crippen LogP contribution in [0, 0.1) is 11.8 Å². The summed E-state index contributed by atoms with van der Waals surface area (Å²) in [6.07, 6.45) is 4.35. The van der Waals surface area contributed by atoms with E-state index in [0.29, 0.717) is 6.42 Å². The second-order valence-electron chi connectivity index (χ2n) is 3.93. The Morgan fingerprint density at radius 2 is 1.57 bits per heavy atom. The Hall–Kier alpha value is -0.540. The Labute approximate surface area is 90.0 Å². The lowest BCUT2D eigenvalue weighted by Gasteiger charge is -2.30. The number of halogens is 2. The van der Waals surface area contributed by atoms with Gasteiger partial charge in [0.15, 0.2) is 9.75 Å². The van der Waals surface area contributed by atoms with E-state index < -0.39 is 21.7 Å². The van der Waals surface area contributed by atoms with Crippen LogP contribution in [0.5, 0.6) is 0 Å². The first kappa shape index (κ1) is 8.74. The molecule has 0 radical (unpaired) electrons. The smallest absolute Gasteiger partial charge is 0.338 e. The topological polar surface area (TPSA) is 43.4 Å². The van der Waals surface area contributed by atoms with Crippen LogP contribution in [-0.2, 0) is 14.3 Å². The number of cyclic esters (lactones) is 2. The second-order valence-corrected chi connectivity index (χ2v) is 5.13. The van der Waals surface area contributed by atoms with Crippen LogP contribution in [0.2, 0.25) is 0 Å². The first-order chi connectivity index (χ1) is 6.51. The molecule has 14 heavy (non-hydrogen) atoms. The Morgan fingerprint density at radius 3 is 2.00 bits per heavy atom. The molecule has 0 aromatic carbocycles. The van der Waals surface area contributed by atoms with Gasteiger partial charge < -0.3 is 4.74 Å². The molecule has 2 fully saturated rings. The number of fused-ring (bicyclic) bond motifs is 5. The predicted molar refractivity (Wildman–Crippen MR) is 49.0 cm³/mol. The largest absolute Gasteiger partial charge is 0.390 e. The average Bonchev–Trinajstić information content (AvgIpc) is 2.73. The highest BCUT2D eigenvalue weighted by Gasteiger charge is 2.78. The van der Waals surface area contributed by atoms with Gasteiger partial charge in [0.2, 0.25) is 0 Å². The SMILES string of the molecule is O=C1OC(=O)C2(Cl)C3C=CC(C3)C12Cl. The van der Waals surface area contributed by atoms with Crippen LogP contribution in [0.3, 0.4) is 0 Å². The zero-order valence-corrected chi connectivity index (χ0v) is 8.51. The molecule has 1 heterocycles. The van der Waals surface area contributed by atoms with Gasteiger partial charge in [-0.05, 0) is 6.42 Å². The third-order valence-electron chi connectivity index (χ3n) is 3.41. The van der Waals surface area contributed by atoms with Crippen LogP contribution in [0.15, 0.2) is 12.2 Å². The quantitative estimate of drug-likeness (QED) is 0.273. The zero-order valence-electron chi connectivity index (χ0n) is 7.00. The van der Waals surface area contributed by atoms with Crippen LogP contribution in [0.1, 0.15) is 6.42 Å². The van der Waals surface area contributed by atoms with E-state index in [1.165, 1.54) is 0 Å². The fraction of sp³-hybridized carbons (Fsp3) is 0.556. The second kappa shape index (κ2) is 2.17.